The standard InChI is InChI=1S/C14H31NO2/c15-11-8-6-4-2-1-3-5-7-9-13-17-14-10-12-16/h16H,1-15H2. The van der Waals surface area contributed by atoms with Gasteiger partial charge in [0.05, 0.1) is 0 Å². The molecule has 0 aromatic carbocycles. The minimum Gasteiger partial charge on any atom is -0.396 e. The summed E-state index contributed by atoms with van der Waals surface area (Å²) >= 11 is 0. The van der Waals surface area contributed by atoms with Crippen LogP contribution in [0.2, 0.25) is 0 Å². The third kappa shape index (κ3) is 15.9. The highest BCUT2D eigenvalue weighted by molar-refractivity contribution is 4.48. The molecule has 3 N–H and O–H groups in total. The van der Waals surface area contributed by atoms with Crippen LogP contribution in [0.1, 0.15) is 64.2 Å². The molecule has 0 heterocycles. The Kier molecular flexibility index (Phi) is 15.8. The first-order valence-corrected chi connectivity index (χ1v) is 7.30. The van der Waals surface area contributed by atoms with Crippen LogP contribution < -0.4 is 5.73 Å². The van der Waals surface area contributed by atoms with Gasteiger partial charge in [-0.1, -0.05) is 44.9 Å². The van der Waals surface area contributed by atoms with Crippen molar-refractivity contribution in [2.24, 2.45) is 5.73 Å². The predicted molar refractivity (Wildman–Crippen MR) is 73.1 cm³/mol. The van der Waals surface area contributed by atoms with Crippen molar-refractivity contribution in [2.75, 3.05) is 26.4 Å². The zero-order valence-corrected chi connectivity index (χ0v) is 11.3. The lowest BCUT2D eigenvalue weighted by Crippen LogP contribution is -1.99. The highest BCUT2D eigenvalue weighted by atomic mass is 16.5. The molecular formula is C14H31NO2. The maximum atomic E-state index is 8.56. The van der Waals surface area contributed by atoms with Crippen molar-refractivity contribution in [1.82, 2.24) is 0 Å². The second-order valence-electron chi connectivity index (χ2n) is 4.66. The van der Waals surface area contributed by atoms with E-state index in [0.29, 0.717) is 6.61 Å². The van der Waals surface area contributed by atoms with Gasteiger partial charge < -0.3 is 15.6 Å². The molecule has 0 aromatic heterocycles. The molecule has 17 heavy (non-hydrogen) atoms. The molecule has 3 heteroatoms. The molecule has 0 unspecified atom stereocenters. The molecule has 0 amide bonds. The molecule has 0 aromatic rings. The minimum absolute atomic E-state index is 0.240. The van der Waals surface area contributed by atoms with Gasteiger partial charge in [0.15, 0.2) is 0 Å². The van der Waals surface area contributed by atoms with Gasteiger partial charge in [-0.3, -0.25) is 0 Å². The van der Waals surface area contributed by atoms with Crippen molar-refractivity contribution in [1.29, 1.82) is 0 Å². The lowest BCUT2D eigenvalue weighted by molar-refractivity contribution is 0.112. The first kappa shape index (κ1) is 16.9. The molecule has 0 saturated heterocycles. The van der Waals surface area contributed by atoms with Crippen LogP contribution in [0, 0.1) is 0 Å². The van der Waals surface area contributed by atoms with Crippen LogP contribution in [-0.4, -0.2) is 31.5 Å². The van der Waals surface area contributed by atoms with E-state index < -0.39 is 0 Å². The minimum atomic E-state index is 0.240. The Labute approximate surface area is 107 Å². The molecule has 0 rings (SSSR count). The Morgan fingerprint density at radius 2 is 1.12 bits per heavy atom. The van der Waals surface area contributed by atoms with Gasteiger partial charge >= 0.3 is 0 Å². The summed E-state index contributed by atoms with van der Waals surface area (Å²) < 4.78 is 5.37. The zero-order chi connectivity index (χ0) is 12.6. The zero-order valence-electron chi connectivity index (χ0n) is 11.3. The maximum Gasteiger partial charge on any atom is 0.0487 e. The second-order valence-corrected chi connectivity index (χ2v) is 4.66. The fourth-order valence-corrected chi connectivity index (χ4v) is 1.85. The van der Waals surface area contributed by atoms with Gasteiger partial charge in [0.1, 0.15) is 0 Å². The SMILES string of the molecule is NCCCCCCCCCCCOCCCO. The molecule has 0 spiro atoms. The molecule has 0 aliphatic heterocycles. The number of aliphatic hydroxyl groups is 1. The third-order valence-corrected chi connectivity index (χ3v) is 2.94. The molecule has 0 aliphatic rings. The van der Waals surface area contributed by atoms with Gasteiger partial charge in [-0.05, 0) is 25.8 Å². The second kappa shape index (κ2) is 15.9. The summed E-state index contributed by atoms with van der Waals surface area (Å²) in [7, 11) is 0. The number of ether oxygens (including phenoxy) is 1. The van der Waals surface area contributed by atoms with E-state index >= 15 is 0 Å². The van der Waals surface area contributed by atoms with E-state index in [0.717, 1.165) is 19.6 Å². The number of unbranched alkanes of at least 4 members (excludes halogenated alkanes) is 8. The van der Waals surface area contributed by atoms with Crippen LogP contribution in [-0.2, 0) is 4.74 Å². The van der Waals surface area contributed by atoms with Crippen molar-refractivity contribution in [3.05, 3.63) is 0 Å². The van der Waals surface area contributed by atoms with Crippen molar-refractivity contribution < 1.29 is 9.84 Å². The summed E-state index contributed by atoms with van der Waals surface area (Å²) in [5, 5.41) is 8.56. The Morgan fingerprint density at radius 3 is 1.65 bits per heavy atom. The van der Waals surface area contributed by atoms with E-state index in [1.54, 1.807) is 0 Å². The number of nitrogens with two attached hydrogens (primary N) is 1. The van der Waals surface area contributed by atoms with Gasteiger partial charge in [0.2, 0.25) is 0 Å². The van der Waals surface area contributed by atoms with Crippen LogP contribution >= 0.6 is 0 Å². The quantitative estimate of drug-likeness (QED) is 0.463. The van der Waals surface area contributed by atoms with E-state index in [-0.39, 0.29) is 6.61 Å². The van der Waals surface area contributed by atoms with Crippen molar-refractivity contribution in [3.8, 4) is 0 Å². The summed E-state index contributed by atoms with van der Waals surface area (Å²) in [6.45, 7) is 2.65. The third-order valence-electron chi connectivity index (χ3n) is 2.94. The summed E-state index contributed by atoms with van der Waals surface area (Å²) in [6.07, 6.45) is 12.5. The first-order valence-electron chi connectivity index (χ1n) is 7.30. The van der Waals surface area contributed by atoms with Crippen molar-refractivity contribution >= 4 is 0 Å². The van der Waals surface area contributed by atoms with Crippen LogP contribution in [0.25, 0.3) is 0 Å². The Balaban J connectivity index is 2.85. The number of rotatable bonds is 14. The molecule has 0 fully saturated rings. The van der Waals surface area contributed by atoms with Gasteiger partial charge in [-0.25, -0.2) is 0 Å². The summed E-state index contributed by atoms with van der Waals surface area (Å²) in [6, 6.07) is 0. The maximum absolute atomic E-state index is 8.56. The molecule has 0 atom stereocenters. The van der Waals surface area contributed by atoms with E-state index in [2.05, 4.69) is 0 Å². The Morgan fingerprint density at radius 1 is 0.647 bits per heavy atom. The normalized spacial score (nSPS) is 10.9. The number of aliphatic hydroxyl groups excluding tert-OH is 1. The monoisotopic (exact) mass is 245 g/mol. The van der Waals surface area contributed by atoms with E-state index in [1.165, 1.54) is 57.8 Å². The van der Waals surface area contributed by atoms with Crippen LogP contribution in [0.4, 0.5) is 0 Å². The molecule has 0 saturated carbocycles. The van der Waals surface area contributed by atoms with Crippen molar-refractivity contribution in [2.45, 2.75) is 64.2 Å². The van der Waals surface area contributed by atoms with E-state index in [1.807, 2.05) is 0 Å². The molecule has 0 radical (unpaired) electrons. The average Bonchev–Trinajstić information content (AvgIpc) is 2.35. The van der Waals surface area contributed by atoms with Gasteiger partial charge in [0, 0.05) is 19.8 Å². The number of hydrogen-bond acceptors (Lipinski definition) is 3. The molecular weight excluding hydrogens is 214 g/mol. The summed E-state index contributed by atoms with van der Waals surface area (Å²) in [4.78, 5) is 0. The Bertz CT molecular complexity index is 117. The van der Waals surface area contributed by atoms with Crippen LogP contribution in [0.3, 0.4) is 0 Å². The lowest BCUT2D eigenvalue weighted by atomic mass is 10.1. The summed E-state index contributed by atoms with van der Waals surface area (Å²) in [5.74, 6) is 0. The van der Waals surface area contributed by atoms with Crippen LogP contribution in [0.15, 0.2) is 0 Å². The molecule has 0 bridgehead atoms. The van der Waals surface area contributed by atoms with Gasteiger partial charge in [0.25, 0.3) is 0 Å². The lowest BCUT2D eigenvalue weighted by Gasteiger charge is -2.03. The fourth-order valence-electron chi connectivity index (χ4n) is 1.85. The number of hydrogen-bond donors (Lipinski definition) is 2. The summed E-state index contributed by atoms with van der Waals surface area (Å²) in [5.41, 5.74) is 5.44. The highest BCUT2D eigenvalue weighted by Gasteiger charge is 1.93. The van der Waals surface area contributed by atoms with E-state index in [4.69, 9.17) is 15.6 Å². The van der Waals surface area contributed by atoms with Gasteiger partial charge in [-0.15, -0.1) is 0 Å². The van der Waals surface area contributed by atoms with Gasteiger partial charge in [-0.2, -0.15) is 0 Å². The first-order chi connectivity index (χ1) is 8.41. The smallest absolute Gasteiger partial charge is 0.0487 e. The predicted octanol–water partition coefficient (Wildman–Crippen LogP) is 2.86. The largest absolute Gasteiger partial charge is 0.396 e. The molecule has 3 nitrogen and oxygen atoms in total. The highest BCUT2D eigenvalue weighted by Crippen LogP contribution is 2.09. The molecule has 0 aliphatic carbocycles. The van der Waals surface area contributed by atoms with E-state index in [9.17, 15) is 0 Å². The topological polar surface area (TPSA) is 55.5 Å². The average molecular weight is 245 g/mol. The fraction of sp³-hybridized carbons (Fsp3) is 1.00. The van der Waals surface area contributed by atoms with Crippen molar-refractivity contribution in [3.63, 3.8) is 0 Å². The van der Waals surface area contributed by atoms with Crippen LogP contribution in [0.5, 0.6) is 0 Å². The Hall–Kier alpha value is -0.120. The molecule has 104 valence electrons.